The predicted octanol–water partition coefficient (Wildman–Crippen LogP) is 3.11. The highest BCUT2D eigenvalue weighted by Gasteiger charge is 2.21. The molecule has 6 nitrogen and oxygen atoms in total. The molecule has 1 aromatic carbocycles. The first kappa shape index (κ1) is 16.2. The molecule has 0 aliphatic heterocycles. The number of hydrogen-bond donors (Lipinski definition) is 2. The standard InChI is InChI=1S/C17H16N2O4S/c1-2-22-10-12-11-6-3-4-7-13(11)23-15(12)17(21)19-18-16(20)14-8-5-9-24-14/h3-9H,2,10H2,1H3,(H,18,20)(H,19,21). The molecule has 0 saturated heterocycles. The van der Waals surface area contributed by atoms with Crippen molar-refractivity contribution < 1.29 is 18.7 Å². The summed E-state index contributed by atoms with van der Waals surface area (Å²) in [7, 11) is 0. The molecule has 0 spiro atoms. The lowest BCUT2D eigenvalue weighted by Crippen LogP contribution is -2.41. The molecule has 0 fully saturated rings. The van der Waals surface area contributed by atoms with Gasteiger partial charge in [0.15, 0.2) is 5.76 Å². The number of para-hydroxylation sites is 1. The molecule has 2 heterocycles. The average molecular weight is 344 g/mol. The Labute approximate surface area is 142 Å². The van der Waals surface area contributed by atoms with Gasteiger partial charge in [0.25, 0.3) is 5.91 Å². The first-order valence-corrected chi connectivity index (χ1v) is 8.31. The Hall–Kier alpha value is -2.64. The number of rotatable bonds is 5. The molecule has 3 rings (SSSR count). The SMILES string of the molecule is CCOCc1c(C(=O)NNC(=O)c2cccs2)oc2ccccc12. The summed E-state index contributed by atoms with van der Waals surface area (Å²) in [6.45, 7) is 2.66. The van der Waals surface area contributed by atoms with Crippen LogP contribution >= 0.6 is 11.3 Å². The zero-order chi connectivity index (χ0) is 16.9. The highest BCUT2D eigenvalue weighted by atomic mass is 32.1. The maximum absolute atomic E-state index is 12.4. The van der Waals surface area contributed by atoms with Crippen LogP contribution in [0.3, 0.4) is 0 Å². The smallest absolute Gasteiger partial charge is 0.305 e. The van der Waals surface area contributed by atoms with Gasteiger partial charge in [-0.05, 0) is 24.4 Å². The number of hydrogen-bond acceptors (Lipinski definition) is 5. The van der Waals surface area contributed by atoms with Gasteiger partial charge in [0, 0.05) is 17.6 Å². The van der Waals surface area contributed by atoms with Crippen LogP contribution in [-0.2, 0) is 11.3 Å². The molecule has 24 heavy (non-hydrogen) atoms. The summed E-state index contributed by atoms with van der Waals surface area (Å²) in [6.07, 6.45) is 0. The van der Waals surface area contributed by atoms with Gasteiger partial charge in [0.05, 0.1) is 11.5 Å². The molecule has 2 aromatic heterocycles. The van der Waals surface area contributed by atoms with E-state index in [1.54, 1.807) is 23.6 Å². The third-order valence-electron chi connectivity index (χ3n) is 3.39. The van der Waals surface area contributed by atoms with Crippen LogP contribution in [0.1, 0.15) is 32.7 Å². The monoisotopic (exact) mass is 344 g/mol. The Morgan fingerprint density at radius 2 is 1.92 bits per heavy atom. The molecule has 3 aromatic rings. The van der Waals surface area contributed by atoms with E-state index >= 15 is 0 Å². The number of furan rings is 1. The highest BCUT2D eigenvalue weighted by molar-refractivity contribution is 7.12. The van der Waals surface area contributed by atoms with E-state index in [9.17, 15) is 9.59 Å². The fraction of sp³-hybridized carbons (Fsp3) is 0.176. The van der Waals surface area contributed by atoms with E-state index < -0.39 is 5.91 Å². The fourth-order valence-electron chi connectivity index (χ4n) is 2.27. The lowest BCUT2D eigenvalue weighted by molar-refractivity contribution is 0.0827. The van der Waals surface area contributed by atoms with Gasteiger partial charge in [-0.25, -0.2) is 0 Å². The van der Waals surface area contributed by atoms with Crippen molar-refractivity contribution in [2.75, 3.05) is 6.61 Å². The average Bonchev–Trinajstić information content (AvgIpc) is 3.25. The van der Waals surface area contributed by atoms with Gasteiger partial charge in [-0.3, -0.25) is 20.4 Å². The third kappa shape index (κ3) is 3.32. The summed E-state index contributed by atoms with van der Waals surface area (Å²) >= 11 is 1.29. The fourth-order valence-corrected chi connectivity index (χ4v) is 2.89. The minimum atomic E-state index is -0.522. The van der Waals surface area contributed by atoms with E-state index in [0.717, 1.165) is 5.39 Å². The zero-order valence-corrected chi connectivity index (χ0v) is 13.8. The van der Waals surface area contributed by atoms with Gasteiger partial charge in [-0.2, -0.15) is 0 Å². The van der Waals surface area contributed by atoms with Gasteiger partial charge in [0.2, 0.25) is 0 Å². The summed E-state index contributed by atoms with van der Waals surface area (Å²) in [5.74, 6) is -0.761. The number of nitrogens with one attached hydrogen (secondary N) is 2. The predicted molar refractivity (Wildman–Crippen MR) is 90.8 cm³/mol. The summed E-state index contributed by atoms with van der Waals surface area (Å²) in [5.41, 5.74) is 6.03. The van der Waals surface area contributed by atoms with Crippen molar-refractivity contribution in [3.05, 3.63) is 58.0 Å². The Bertz CT molecular complexity index is 855. The summed E-state index contributed by atoms with van der Waals surface area (Å²) in [6, 6.07) is 10.8. The van der Waals surface area contributed by atoms with Gasteiger partial charge in [-0.1, -0.05) is 24.3 Å². The van der Waals surface area contributed by atoms with Crippen molar-refractivity contribution in [2.45, 2.75) is 13.5 Å². The van der Waals surface area contributed by atoms with E-state index in [1.165, 1.54) is 11.3 Å². The molecule has 0 radical (unpaired) electrons. The molecule has 0 saturated carbocycles. The summed E-state index contributed by atoms with van der Waals surface area (Å²) in [4.78, 5) is 24.8. The second kappa shape index (κ2) is 7.29. The number of thiophene rings is 1. The molecule has 124 valence electrons. The van der Waals surface area contributed by atoms with Gasteiger partial charge in [-0.15, -0.1) is 11.3 Å². The van der Waals surface area contributed by atoms with Crippen LogP contribution in [0.4, 0.5) is 0 Å². The van der Waals surface area contributed by atoms with Gasteiger partial charge < -0.3 is 9.15 Å². The van der Waals surface area contributed by atoms with E-state index in [0.29, 0.717) is 22.6 Å². The Balaban J connectivity index is 1.79. The van der Waals surface area contributed by atoms with E-state index in [-0.39, 0.29) is 18.3 Å². The van der Waals surface area contributed by atoms with Crippen LogP contribution < -0.4 is 10.9 Å². The van der Waals surface area contributed by atoms with E-state index in [4.69, 9.17) is 9.15 Å². The first-order chi connectivity index (χ1) is 11.7. The van der Waals surface area contributed by atoms with Crippen molar-refractivity contribution in [3.8, 4) is 0 Å². The minimum absolute atomic E-state index is 0.135. The van der Waals surface area contributed by atoms with Crippen LogP contribution in [0.2, 0.25) is 0 Å². The molecular formula is C17H16N2O4S. The lowest BCUT2D eigenvalue weighted by Gasteiger charge is -2.06. The van der Waals surface area contributed by atoms with Crippen molar-refractivity contribution in [2.24, 2.45) is 0 Å². The van der Waals surface area contributed by atoms with E-state index in [1.807, 2.05) is 25.1 Å². The molecule has 0 aliphatic carbocycles. The van der Waals surface area contributed by atoms with Crippen LogP contribution in [0.25, 0.3) is 11.0 Å². The van der Waals surface area contributed by atoms with Crippen LogP contribution in [0.5, 0.6) is 0 Å². The first-order valence-electron chi connectivity index (χ1n) is 7.43. The molecule has 0 aliphatic rings. The van der Waals surface area contributed by atoms with Gasteiger partial charge in [0.1, 0.15) is 5.58 Å². The minimum Gasteiger partial charge on any atom is -0.450 e. The number of carbonyl (C=O) groups is 2. The largest absolute Gasteiger partial charge is 0.450 e. The zero-order valence-electron chi connectivity index (χ0n) is 13.0. The number of benzene rings is 1. The van der Waals surface area contributed by atoms with E-state index in [2.05, 4.69) is 10.9 Å². The van der Waals surface area contributed by atoms with Crippen molar-refractivity contribution in [1.29, 1.82) is 0 Å². The maximum atomic E-state index is 12.4. The molecule has 7 heteroatoms. The number of fused-ring (bicyclic) bond motifs is 1. The Morgan fingerprint density at radius 1 is 1.12 bits per heavy atom. The van der Waals surface area contributed by atoms with Crippen LogP contribution in [0, 0.1) is 0 Å². The molecule has 0 unspecified atom stereocenters. The second-order valence-electron chi connectivity index (χ2n) is 4.93. The van der Waals surface area contributed by atoms with Crippen molar-refractivity contribution in [1.82, 2.24) is 10.9 Å². The normalized spacial score (nSPS) is 10.7. The Kier molecular flexibility index (Phi) is 4.93. The number of amides is 2. The summed E-state index contributed by atoms with van der Waals surface area (Å²) in [5, 5.41) is 2.61. The highest BCUT2D eigenvalue weighted by Crippen LogP contribution is 2.26. The Morgan fingerprint density at radius 3 is 2.67 bits per heavy atom. The van der Waals surface area contributed by atoms with Crippen molar-refractivity contribution in [3.63, 3.8) is 0 Å². The lowest BCUT2D eigenvalue weighted by atomic mass is 10.1. The summed E-state index contributed by atoms with van der Waals surface area (Å²) < 4.78 is 11.1. The molecular weight excluding hydrogens is 328 g/mol. The second-order valence-corrected chi connectivity index (χ2v) is 5.88. The number of ether oxygens (including phenoxy) is 1. The number of hydrazine groups is 1. The van der Waals surface area contributed by atoms with Crippen molar-refractivity contribution >= 4 is 34.1 Å². The third-order valence-corrected chi connectivity index (χ3v) is 4.26. The molecule has 2 amide bonds. The quantitative estimate of drug-likeness (QED) is 0.697. The maximum Gasteiger partial charge on any atom is 0.305 e. The van der Waals surface area contributed by atoms with Gasteiger partial charge >= 0.3 is 5.91 Å². The molecule has 0 atom stereocenters. The molecule has 2 N–H and O–H groups in total. The van der Waals surface area contributed by atoms with Crippen LogP contribution in [-0.4, -0.2) is 18.4 Å². The van der Waals surface area contributed by atoms with Crippen LogP contribution in [0.15, 0.2) is 46.2 Å². The molecule has 0 bridgehead atoms. The topological polar surface area (TPSA) is 80.6 Å². The number of carbonyl (C=O) groups excluding carboxylic acids is 2.